The Bertz CT molecular complexity index is 800. The highest BCUT2D eigenvalue weighted by Gasteiger charge is 2.17. The molecular weight excluding hydrogens is 334 g/mol. The monoisotopic (exact) mass is 345 g/mol. The molecule has 0 spiro atoms. The Morgan fingerprint density at radius 1 is 1.33 bits per heavy atom. The van der Waals surface area contributed by atoms with Gasteiger partial charge in [-0.2, -0.15) is 5.26 Å². The summed E-state index contributed by atoms with van der Waals surface area (Å²) in [6, 6.07) is 9.45. The maximum absolute atomic E-state index is 11.9. The van der Waals surface area contributed by atoms with Crippen LogP contribution < -0.4 is 10.1 Å². The van der Waals surface area contributed by atoms with Crippen LogP contribution in [0.15, 0.2) is 36.5 Å². The third-order valence-electron chi connectivity index (χ3n) is 2.90. The Morgan fingerprint density at radius 3 is 2.75 bits per heavy atom. The molecule has 1 heterocycles. The standard InChI is InChI=1S/C16H12ClN3O4/c1-23-16(22)11-3-2-4-13(12(11)7-18)24-9-15(21)20-14-6-5-10(17)8-19-14/h2-6,8H,9H2,1H3,(H,19,20,21). The lowest BCUT2D eigenvalue weighted by molar-refractivity contribution is -0.118. The van der Waals surface area contributed by atoms with Crippen molar-refractivity contribution in [3.05, 3.63) is 52.7 Å². The van der Waals surface area contributed by atoms with Gasteiger partial charge in [-0.15, -0.1) is 0 Å². The van der Waals surface area contributed by atoms with Gasteiger partial charge in [-0.3, -0.25) is 4.79 Å². The largest absolute Gasteiger partial charge is 0.482 e. The summed E-state index contributed by atoms with van der Waals surface area (Å²) in [5.74, 6) is -0.708. The fourth-order valence-corrected chi connectivity index (χ4v) is 1.93. The Balaban J connectivity index is 2.06. The molecule has 2 aromatic rings. The number of nitriles is 1. The molecule has 0 atom stereocenters. The van der Waals surface area contributed by atoms with E-state index in [4.69, 9.17) is 16.3 Å². The quantitative estimate of drug-likeness (QED) is 0.835. The minimum Gasteiger partial charge on any atom is -0.482 e. The fraction of sp³-hybridized carbons (Fsp3) is 0.125. The van der Waals surface area contributed by atoms with Gasteiger partial charge in [0.05, 0.1) is 17.7 Å². The molecule has 1 aromatic carbocycles. The van der Waals surface area contributed by atoms with E-state index < -0.39 is 11.9 Å². The van der Waals surface area contributed by atoms with E-state index in [1.54, 1.807) is 12.1 Å². The topological polar surface area (TPSA) is 101 Å². The van der Waals surface area contributed by atoms with Gasteiger partial charge < -0.3 is 14.8 Å². The SMILES string of the molecule is COC(=O)c1cccc(OCC(=O)Nc2ccc(Cl)cn2)c1C#N. The first-order valence-corrected chi connectivity index (χ1v) is 7.08. The maximum atomic E-state index is 11.9. The summed E-state index contributed by atoms with van der Waals surface area (Å²) in [7, 11) is 1.21. The molecule has 0 bridgehead atoms. The molecule has 0 saturated carbocycles. The Labute approximate surface area is 142 Å². The van der Waals surface area contributed by atoms with E-state index in [-0.39, 0.29) is 23.5 Å². The zero-order chi connectivity index (χ0) is 17.5. The van der Waals surface area contributed by atoms with Gasteiger partial charge in [0, 0.05) is 6.20 Å². The minimum absolute atomic E-state index is 0.00164. The number of rotatable bonds is 5. The van der Waals surface area contributed by atoms with Gasteiger partial charge in [0.25, 0.3) is 5.91 Å². The molecule has 2 rings (SSSR count). The molecule has 1 aromatic heterocycles. The highest BCUT2D eigenvalue weighted by atomic mass is 35.5. The van der Waals surface area contributed by atoms with Crippen LogP contribution in [-0.4, -0.2) is 30.6 Å². The van der Waals surface area contributed by atoms with Crippen LogP contribution in [0.4, 0.5) is 5.82 Å². The van der Waals surface area contributed by atoms with Crippen LogP contribution >= 0.6 is 11.6 Å². The predicted octanol–water partition coefficient (Wildman–Crippen LogP) is 2.41. The maximum Gasteiger partial charge on any atom is 0.339 e. The van der Waals surface area contributed by atoms with E-state index in [9.17, 15) is 14.9 Å². The Morgan fingerprint density at radius 2 is 2.12 bits per heavy atom. The van der Waals surface area contributed by atoms with Crippen LogP contribution in [0, 0.1) is 11.3 Å². The number of halogens is 1. The molecule has 24 heavy (non-hydrogen) atoms. The first-order valence-electron chi connectivity index (χ1n) is 6.70. The van der Waals surface area contributed by atoms with E-state index in [1.165, 1.54) is 31.5 Å². The van der Waals surface area contributed by atoms with Gasteiger partial charge in [-0.1, -0.05) is 17.7 Å². The number of carbonyl (C=O) groups is 2. The van der Waals surface area contributed by atoms with E-state index in [1.807, 2.05) is 6.07 Å². The third-order valence-corrected chi connectivity index (χ3v) is 3.12. The van der Waals surface area contributed by atoms with Crippen molar-refractivity contribution >= 4 is 29.3 Å². The number of aromatic nitrogens is 1. The summed E-state index contributed by atoms with van der Waals surface area (Å²) in [5.41, 5.74) is 0.0686. The zero-order valence-corrected chi connectivity index (χ0v) is 13.3. The van der Waals surface area contributed by atoms with Crippen molar-refractivity contribution in [2.75, 3.05) is 19.0 Å². The second-order valence-corrected chi connectivity index (χ2v) is 4.92. The van der Waals surface area contributed by atoms with Crippen LogP contribution in [0.5, 0.6) is 5.75 Å². The zero-order valence-electron chi connectivity index (χ0n) is 12.6. The molecule has 122 valence electrons. The van der Waals surface area contributed by atoms with Crippen molar-refractivity contribution in [3.63, 3.8) is 0 Å². The molecule has 0 aliphatic rings. The number of nitrogens with zero attached hydrogens (tertiary/aromatic N) is 2. The second-order valence-electron chi connectivity index (χ2n) is 4.48. The summed E-state index contributed by atoms with van der Waals surface area (Å²) in [5, 5.41) is 12.2. The fourth-order valence-electron chi connectivity index (χ4n) is 1.82. The average molecular weight is 346 g/mol. The normalized spacial score (nSPS) is 9.71. The van der Waals surface area contributed by atoms with E-state index in [0.29, 0.717) is 10.8 Å². The van der Waals surface area contributed by atoms with E-state index in [0.717, 1.165) is 0 Å². The van der Waals surface area contributed by atoms with Gasteiger partial charge in [-0.05, 0) is 24.3 Å². The number of anilines is 1. The summed E-state index contributed by atoms with van der Waals surface area (Å²) < 4.78 is 9.93. The molecule has 7 nitrogen and oxygen atoms in total. The predicted molar refractivity (Wildman–Crippen MR) is 85.9 cm³/mol. The molecule has 1 N–H and O–H groups in total. The molecule has 8 heteroatoms. The number of benzene rings is 1. The van der Waals surface area contributed by atoms with Crippen LogP contribution in [0.2, 0.25) is 5.02 Å². The number of hydrogen-bond acceptors (Lipinski definition) is 6. The first-order chi connectivity index (χ1) is 11.5. The lowest BCUT2D eigenvalue weighted by Crippen LogP contribution is -2.21. The number of nitrogens with one attached hydrogen (secondary N) is 1. The Hall–Kier alpha value is -3.11. The second kappa shape index (κ2) is 7.94. The minimum atomic E-state index is -0.660. The first kappa shape index (κ1) is 17.2. The number of ether oxygens (including phenoxy) is 2. The smallest absolute Gasteiger partial charge is 0.339 e. The lowest BCUT2D eigenvalue weighted by atomic mass is 10.1. The highest BCUT2D eigenvalue weighted by molar-refractivity contribution is 6.30. The molecule has 0 unspecified atom stereocenters. The summed E-state index contributed by atoms with van der Waals surface area (Å²) >= 11 is 5.71. The molecule has 1 amide bonds. The van der Waals surface area contributed by atoms with Gasteiger partial charge in [-0.25, -0.2) is 9.78 Å². The van der Waals surface area contributed by atoms with Gasteiger partial charge in [0.15, 0.2) is 6.61 Å². The number of hydrogen-bond donors (Lipinski definition) is 1. The summed E-state index contributed by atoms with van der Waals surface area (Å²) in [4.78, 5) is 27.4. The number of pyridine rings is 1. The molecule has 0 saturated heterocycles. The van der Waals surface area contributed by atoms with Crippen molar-refractivity contribution in [1.29, 1.82) is 5.26 Å². The summed E-state index contributed by atoms with van der Waals surface area (Å²) in [6.07, 6.45) is 1.39. The molecule has 0 radical (unpaired) electrons. The number of amides is 1. The lowest BCUT2D eigenvalue weighted by Gasteiger charge is -2.10. The molecular formula is C16H12ClN3O4. The van der Waals surface area contributed by atoms with Gasteiger partial charge >= 0.3 is 5.97 Å². The van der Waals surface area contributed by atoms with Crippen LogP contribution in [0.3, 0.4) is 0 Å². The summed E-state index contributed by atoms with van der Waals surface area (Å²) in [6.45, 7) is -0.358. The number of carbonyl (C=O) groups excluding carboxylic acids is 2. The number of esters is 1. The van der Waals surface area contributed by atoms with Gasteiger partial charge in [0.2, 0.25) is 0 Å². The molecule has 0 aliphatic carbocycles. The highest BCUT2D eigenvalue weighted by Crippen LogP contribution is 2.22. The van der Waals surface area contributed by atoms with Crippen molar-refractivity contribution in [3.8, 4) is 11.8 Å². The number of methoxy groups -OCH3 is 1. The van der Waals surface area contributed by atoms with Crippen molar-refractivity contribution < 1.29 is 19.1 Å². The van der Waals surface area contributed by atoms with Crippen molar-refractivity contribution in [2.45, 2.75) is 0 Å². The average Bonchev–Trinajstić information content (AvgIpc) is 2.60. The van der Waals surface area contributed by atoms with Crippen molar-refractivity contribution in [2.24, 2.45) is 0 Å². The van der Waals surface area contributed by atoms with Crippen molar-refractivity contribution in [1.82, 2.24) is 4.98 Å². The van der Waals surface area contributed by atoms with E-state index >= 15 is 0 Å². The van der Waals surface area contributed by atoms with Crippen LogP contribution in [-0.2, 0) is 9.53 Å². The van der Waals surface area contributed by atoms with Gasteiger partial charge in [0.1, 0.15) is 23.2 Å². The molecule has 0 aliphatic heterocycles. The van der Waals surface area contributed by atoms with Crippen LogP contribution in [0.1, 0.15) is 15.9 Å². The van der Waals surface area contributed by atoms with E-state index in [2.05, 4.69) is 15.0 Å². The molecule has 0 fully saturated rings. The van der Waals surface area contributed by atoms with Crippen LogP contribution in [0.25, 0.3) is 0 Å². The third kappa shape index (κ3) is 4.21. The Kier molecular flexibility index (Phi) is 5.71.